The van der Waals surface area contributed by atoms with Crippen LogP contribution in [0, 0.1) is 0 Å². The second kappa shape index (κ2) is 7.51. The van der Waals surface area contributed by atoms with E-state index in [9.17, 15) is 4.57 Å². The second-order valence-corrected chi connectivity index (χ2v) is 9.85. The Morgan fingerprint density at radius 1 is 0.594 bits per heavy atom. The molecule has 3 heteroatoms. The highest BCUT2D eigenvalue weighted by Crippen LogP contribution is 2.40. The van der Waals surface area contributed by atoms with E-state index in [4.69, 9.17) is 4.74 Å². The van der Waals surface area contributed by atoms with Gasteiger partial charge in [-0.15, -0.1) is 0 Å². The van der Waals surface area contributed by atoms with E-state index in [1.54, 1.807) is 7.11 Å². The minimum atomic E-state index is -2.18. The maximum absolute atomic E-state index is 13.7. The fraction of sp³-hybridized carbons (Fsp3) is 0.0345. The van der Waals surface area contributed by atoms with Gasteiger partial charge in [0, 0.05) is 10.6 Å². The first kappa shape index (κ1) is 19.1. The van der Waals surface area contributed by atoms with Gasteiger partial charge < -0.3 is 9.30 Å². The zero-order chi connectivity index (χ0) is 21.7. The summed E-state index contributed by atoms with van der Waals surface area (Å²) in [7, 11) is -0.539. The zero-order valence-corrected chi connectivity index (χ0v) is 18.6. The average molecular weight is 432 g/mol. The van der Waals surface area contributed by atoms with E-state index in [0.717, 1.165) is 27.5 Å². The summed E-state index contributed by atoms with van der Waals surface area (Å²) < 4.78 is 18.9. The van der Waals surface area contributed by atoms with Gasteiger partial charge in [-0.1, -0.05) is 78.9 Å². The summed E-state index contributed by atoms with van der Waals surface area (Å²) in [5.41, 5.74) is 2.16. The van der Waals surface area contributed by atoms with Gasteiger partial charge in [0.05, 0.1) is 7.11 Å². The molecule has 0 saturated heterocycles. The van der Waals surface area contributed by atoms with E-state index in [1.807, 2.05) is 42.5 Å². The first-order valence-electron chi connectivity index (χ1n) is 10.7. The van der Waals surface area contributed by atoms with E-state index < -0.39 is 7.80 Å². The minimum Gasteiger partial charge on any atom is -0.497 e. The Morgan fingerprint density at radius 2 is 1.25 bits per heavy atom. The summed E-state index contributed by atoms with van der Waals surface area (Å²) in [5, 5.41) is 9.22. The molecule has 6 aromatic carbocycles. The molecule has 6 aromatic rings. The highest BCUT2D eigenvalue weighted by Gasteiger charge is 2.17. The molecular weight excluding hydrogens is 411 g/mol. The van der Waals surface area contributed by atoms with Crippen molar-refractivity contribution in [3.8, 4) is 16.9 Å². The van der Waals surface area contributed by atoms with Crippen LogP contribution in [0.2, 0.25) is 0 Å². The lowest BCUT2D eigenvalue weighted by atomic mass is 9.90. The number of rotatable bonds is 4. The summed E-state index contributed by atoms with van der Waals surface area (Å²) >= 11 is 0. The number of ether oxygens (including phenoxy) is 1. The Hall–Kier alpha value is -3.61. The van der Waals surface area contributed by atoms with Crippen molar-refractivity contribution in [2.75, 3.05) is 7.11 Å². The van der Waals surface area contributed by atoms with Crippen LogP contribution < -0.4 is 15.3 Å². The van der Waals surface area contributed by atoms with Crippen molar-refractivity contribution in [3.63, 3.8) is 0 Å². The number of methoxy groups -OCH3 is 1. The van der Waals surface area contributed by atoms with Gasteiger partial charge in [-0.2, -0.15) is 0 Å². The molecule has 0 heterocycles. The van der Waals surface area contributed by atoms with Crippen molar-refractivity contribution >= 4 is 50.7 Å². The quantitative estimate of drug-likeness (QED) is 0.227. The Morgan fingerprint density at radius 3 is 2.00 bits per heavy atom. The Labute approximate surface area is 187 Å². The predicted octanol–water partition coefficient (Wildman–Crippen LogP) is 6.77. The standard InChI is InChI=1S/C29H21O2P/c1-31-22-13-15-23(16-14-22)32(30)27-8-3-2-7-25(27)24-17-11-21-10-9-19-5-4-6-20-12-18-26(24)29(21)28(19)20/h2-18,32H,1H3. The SMILES string of the molecule is COc1ccc([PH](=O)c2ccccc2-c2ccc3ccc4cccc5ccc2c3c45)cc1. The van der Waals surface area contributed by atoms with Gasteiger partial charge in [0.1, 0.15) is 13.6 Å². The highest BCUT2D eigenvalue weighted by molar-refractivity contribution is 7.61. The molecule has 0 amide bonds. The van der Waals surface area contributed by atoms with E-state index in [0.29, 0.717) is 0 Å². The predicted molar refractivity (Wildman–Crippen MR) is 137 cm³/mol. The smallest absolute Gasteiger partial charge is 0.132 e. The fourth-order valence-electron chi connectivity index (χ4n) is 4.78. The molecular formula is C29H21O2P. The molecule has 0 N–H and O–H groups in total. The number of hydrogen-bond donors (Lipinski definition) is 0. The van der Waals surface area contributed by atoms with Crippen LogP contribution in [-0.4, -0.2) is 7.11 Å². The minimum absolute atomic E-state index is 0.767. The van der Waals surface area contributed by atoms with E-state index >= 15 is 0 Å². The second-order valence-electron chi connectivity index (χ2n) is 8.07. The lowest BCUT2D eigenvalue weighted by Crippen LogP contribution is -2.09. The van der Waals surface area contributed by atoms with E-state index in [2.05, 4.69) is 60.7 Å². The van der Waals surface area contributed by atoms with Crippen LogP contribution in [0.5, 0.6) is 5.75 Å². The van der Waals surface area contributed by atoms with Crippen molar-refractivity contribution in [2.45, 2.75) is 0 Å². The number of benzene rings is 6. The van der Waals surface area contributed by atoms with Gasteiger partial charge >= 0.3 is 0 Å². The monoisotopic (exact) mass is 432 g/mol. The molecule has 0 aliphatic rings. The molecule has 6 rings (SSSR count). The zero-order valence-electron chi connectivity index (χ0n) is 17.6. The summed E-state index contributed by atoms with van der Waals surface area (Å²) in [4.78, 5) is 0. The number of hydrogen-bond acceptors (Lipinski definition) is 2. The van der Waals surface area contributed by atoms with Crippen LogP contribution in [0.15, 0.2) is 103 Å². The Kier molecular flexibility index (Phi) is 4.48. The van der Waals surface area contributed by atoms with Gasteiger partial charge in [-0.3, -0.25) is 0 Å². The first-order chi connectivity index (χ1) is 15.7. The van der Waals surface area contributed by atoms with Crippen LogP contribution in [0.3, 0.4) is 0 Å². The molecule has 0 radical (unpaired) electrons. The largest absolute Gasteiger partial charge is 0.497 e. The topological polar surface area (TPSA) is 26.3 Å². The van der Waals surface area contributed by atoms with Crippen molar-refractivity contribution < 1.29 is 9.30 Å². The molecule has 32 heavy (non-hydrogen) atoms. The summed E-state index contributed by atoms with van der Waals surface area (Å²) in [5.74, 6) is 0.767. The van der Waals surface area contributed by atoms with Crippen molar-refractivity contribution in [1.29, 1.82) is 0 Å². The first-order valence-corrected chi connectivity index (χ1v) is 12.1. The molecule has 0 aliphatic carbocycles. The molecule has 1 atom stereocenters. The van der Waals surface area contributed by atoms with Crippen molar-refractivity contribution in [2.24, 2.45) is 0 Å². The van der Waals surface area contributed by atoms with Gasteiger partial charge in [-0.05, 0) is 67.7 Å². The lowest BCUT2D eigenvalue weighted by molar-refractivity contribution is 0.415. The van der Waals surface area contributed by atoms with Crippen LogP contribution in [0.25, 0.3) is 43.4 Å². The maximum atomic E-state index is 13.7. The van der Waals surface area contributed by atoms with Crippen LogP contribution in [0.1, 0.15) is 0 Å². The molecule has 0 spiro atoms. The third-order valence-electron chi connectivity index (χ3n) is 6.34. The Balaban J connectivity index is 1.59. The molecule has 0 aromatic heterocycles. The molecule has 0 saturated carbocycles. The molecule has 0 bridgehead atoms. The van der Waals surface area contributed by atoms with E-state index in [1.165, 1.54) is 32.3 Å². The maximum Gasteiger partial charge on any atom is 0.132 e. The normalized spacial score (nSPS) is 12.5. The summed E-state index contributed by atoms with van der Waals surface area (Å²) in [6, 6.07) is 35.2. The summed E-state index contributed by atoms with van der Waals surface area (Å²) in [6.07, 6.45) is 0. The Bertz CT molecular complexity index is 1600. The van der Waals surface area contributed by atoms with Gasteiger partial charge in [-0.25, -0.2) is 0 Å². The highest BCUT2D eigenvalue weighted by atomic mass is 31.1. The van der Waals surface area contributed by atoms with Gasteiger partial charge in [0.25, 0.3) is 0 Å². The van der Waals surface area contributed by atoms with Gasteiger partial charge in [0.15, 0.2) is 0 Å². The van der Waals surface area contributed by atoms with Crippen molar-refractivity contribution in [3.05, 3.63) is 103 Å². The fourth-order valence-corrected chi connectivity index (χ4v) is 6.27. The third kappa shape index (κ3) is 2.92. The van der Waals surface area contributed by atoms with Gasteiger partial charge in [0.2, 0.25) is 0 Å². The lowest BCUT2D eigenvalue weighted by Gasteiger charge is -2.16. The average Bonchev–Trinajstić information content (AvgIpc) is 2.87. The van der Waals surface area contributed by atoms with Crippen LogP contribution in [-0.2, 0) is 4.57 Å². The third-order valence-corrected chi connectivity index (χ3v) is 8.13. The molecule has 2 nitrogen and oxygen atoms in total. The van der Waals surface area contributed by atoms with Crippen LogP contribution >= 0.6 is 7.80 Å². The molecule has 0 aliphatic heterocycles. The van der Waals surface area contributed by atoms with E-state index in [-0.39, 0.29) is 0 Å². The van der Waals surface area contributed by atoms with Crippen LogP contribution in [0.4, 0.5) is 0 Å². The molecule has 154 valence electrons. The molecule has 1 unspecified atom stereocenters. The summed E-state index contributed by atoms with van der Waals surface area (Å²) in [6.45, 7) is 0. The van der Waals surface area contributed by atoms with Crippen molar-refractivity contribution in [1.82, 2.24) is 0 Å². The molecule has 0 fully saturated rings.